The Labute approximate surface area is 204 Å². The summed E-state index contributed by atoms with van der Waals surface area (Å²) in [7, 11) is -2.31. The largest absolute Gasteiger partial charge is 0.472 e. The number of ketones is 1. The zero-order valence-corrected chi connectivity index (χ0v) is 22.8. The first-order valence-corrected chi connectivity index (χ1v) is 15.2. The Balaban J connectivity index is 3.93. The van der Waals surface area contributed by atoms with Crippen LogP contribution in [-0.2, 0) is 18.4 Å². The minimum absolute atomic E-state index is 0.0187. The normalized spacial score (nSPS) is 14.3. The summed E-state index contributed by atoms with van der Waals surface area (Å²) < 4.78 is 22.1. The molecular weight excluding hydrogens is 437 g/mol. The molecule has 6 nitrogen and oxygen atoms in total. The fourth-order valence-corrected chi connectivity index (χ4v) is 4.87. The second-order valence-electron chi connectivity index (χ2n) is 9.44. The van der Waals surface area contributed by atoms with Crippen molar-refractivity contribution in [2.24, 2.45) is 5.92 Å². The molecule has 0 radical (unpaired) electrons. The van der Waals surface area contributed by atoms with Crippen LogP contribution in [0.4, 0.5) is 0 Å². The molecule has 0 saturated carbocycles. The summed E-state index contributed by atoms with van der Waals surface area (Å²) >= 11 is 0. The van der Waals surface area contributed by atoms with Crippen molar-refractivity contribution in [3.63, 3.8) is 0 Å². The van der Waals surface area contributed by atoms with Gasteiger partial charge in [0.05, 0.1) is 13.2 Å². The van der Waals surface area contributed by atoms with Crippen molar-refractivity contribution in [1.29, 1.82) is 0 Å². The van der Waals surface area contributed by atoms with Crippen LogP contribution in [0.2, 0.25) is 0 Å². The third-order valence-corrected chi connectivity index (χ3v) is 7.08. The van der Waals surface area contributed by atoms with Crippen LogP contribution in [0.1, 0.15) is 129 Å². The molecule has 2 atom stereocenters. The number of rotatable bonds is 26. The van der Waals surface area contributed by atoms with Crippen molar-refractivity contribution in [1.82, 2.24) is 5.32 Å². The summed E-state index contributed by atoms with van der Waals surface area (Å²) in [6.45, 7) is 4.95. The van der Waals surface area contributed by atoms with Crippen molar-refractivity contribution in [2.75, 3.05) is 26.8 Å². The smallest absolute Gasteiger partial charge is 0.317 e. The number of unbranched alkanes of at least 4 members (excludes halogenated alkanes) is 13. The molecule has 0 amide bonds. The Bertz CT molecular complexity index is 489. The van der Waals surface area contributed by atoms with Gasteiger partial charge < -0.3 is 10.2 Å². The molecule has 198 valence electrons. The predicted octanol–water partition coefficient (Wildman–Crippen LogP) is 7.59. The van der Waals surface area contributed by atoms with Crippen LogP contribution in [0.25, 0.3) is 0 Å². The number of likely N-dealkylation sites (N-methyl/N-ethyl adjacent to an activating group) is 1. The van der Waals surface area contributed by atoms with Gasteiger partial charge in [-0.25, -0.2) is 4.57 Å². The van der Waals surface area contributed by atoms with E-state index in [1.807, 2.05) is 6.92 Å². The number of carbonyl (C=O) groups is 1. The van der Waals surface area contributed by atoms with Crippen LogP contribution in [0.5, 0.6) is 0 Å². The summed E-state index contributed by atoms with van der Waals surface area (Å²) in [4.78, 5) is 21.9. The van der Waals surface area contributed by atoms with Crippen LogP contribution >= 0.6 is 7.82 Å². The van der Waals surface area contributed by atoms with Crippen LogP contribution < -0.4 is 5.32 Å². The standard InChI is InChI=1S/C26H54NO5P/c1-4-6-7-8-9-10-11-12-13-14-15-16-17-18-20-25(23-26(28)19-5-2)24-32-33(29,30)31-22-21-27-3/h25,27H,4-24H2,1-3H3,(H,29,30). The first-order chi connectivity index (χ1) is 15.9. The van der Waals surface area contributed by atoms with Crippen LogP contribution in [0, 0.1) is 5.92 Å². The molecular formula is C26H54NO5P. The molecule has 0 aliphatic rings. The van der Waals surface area contributed by atoms with E-state index in [0.29, 0.717) is 19.4 Å². The highest BCUT2D eigenvalue weighted by atomic mass is 31.2. The van der Waals surface area contributed by atoms with Crippen LogP contribution in [0.3, 0.4) is 0 Å². The van der Waals surface area contributed by atoms with Gasteiger partial charge in [0.25, 0.3) is 0 Å². The highest BCUT2D eigenvalue weighted by molar-refractivity contribution is 7.47. The molecule has 0 rings (SSSR count). The average molecular weight is 492 g/mol. The summed E-state index contributed by atoms with van der Waals surface area (Å²) in [6, 6.07) is 0. The van der Waals surface area contributed by atoms with E-state index >= 15 is 0 Å². The average Bonchev–Trinajstić information content (AvgIpc) is 2.77. The molecule has 0 saturated heterocycles. The summed E-state index contributed by atoms with van der Waals surface area (Å²) in [5.41, 5.74) is 0. The Morgan fingerprint density at radius 1 is 0.818 bits per heavy atom. The van der Waals surface area contributed by atoms with Crippen molar-refractivity contribution < 1.29 is 23.3 Å². The van der Waals surface area contributed by atoms with E-state index in [9.17, 15) is 14.3 Å². The highest BCUT2D eigenvalue weighted by Gasteiger charge is 2.24. The van der Waals surface area contributed by atoms with E-state index in [0.717, 1.165) is 25.7 Å². The van der Waals surface area contributed by atoms with E-state index in [1.165, 1.54) is 77.0 Å². The van der Waals surface area contributed by atoms with Gasteiger partial charge in [0, 0.05) is 19.4 Å². The number of Topliss-reactive ketones (excluding diaryl/α,β-unsaturated/α-hetero) is 1. The quantitative estimate of drug-likeness (QED) is 0.0958. The Morgan fingerprint density at radius 3 is 1.82 bits per heavy atom. The molecule has 0 aliphatic heterocycles. The lowest BCUT2D eigenvalue weighted by atomic mass is 9.94. The second-order valence-corrected chi connectivity index (χ2v) is 10.9. The predicted molar refractivity (Wildman–Crippen MR) is 139 cm³/mol. The number of hydrogen-bond acceptors (Lipinski definition) is 5. The molecule has 0 aromatic carbocycles. The van der Waals surface area contributed by atoms with E-state index in [4.69, 9.17) is 9.05 Å². The summed E-state index contributed by atoms with van der Waals surface area (Å²) in [5, 5.41) is 2.86. The van der Waals surface area contributed by atoms with Gasteiger partial charge in [0.2, 0.25) is 0 Å². The van der Waals surface area contributed by atoms with Gasteiger partial charge in [-0.15, -0.1) is 0 Å². The maximum absolute atomic E-state index is 12.1. The number of phosphoric acid groups is 1. The molecule has 2 unspecified atom stereocenters. The van der Waals surface area contributed by atoms with Gasteiger partial charge in [0.1, 0.15) is 5.78 Å². The SMILES string of the molecule is CCCCCCCCCCCCCCCCC(COP(=O)(O)OCCNC)CC(=O)CCC. The Morgan fingerprint density at radius 2 is 1.33 bits per heavy atom. The highest BCUT2D eigenvalue weighted by Crippen LogP contribution is 2.43. The van der Waals surface area contributed by atoms with E-state index in [-0.39, 0.29) is 24.9 Å². The maximum atomic E-state index is 12.1. The van der Waals surface area contributed by atoms with Crippen LogP contribution in [0.15, 0.2) is 0 Å². The van der Waals surface area contributed by atoms with Crippen LogP contribution in [-0.4, -0.2) is 37.5 Å². The molecule has 0 aliphatic carbocycles. The monoisotopic (exact) mass is 491 g/mol. The lowest BCUT2D eigenvalue weighted by molar-refractivity contribution is -0.120. The molecule has 0 heterocycles. The minimum Gasteiger partial charge on any atom is -0.317 e. The van der Waals surface area contributed by atoms with Gasteiger partial charge in [-0.3, -0.25) is 13.8 Å². The third-order valence-electron chi connectivity index (χ3n) is 6.09. The lowest BCUT2D eigenvalue weighted by Crippen LogP contribution is -2.16. The molecule has 0 aromatic heterocycles. The van der Waals surface area contributed by atoms with Gasteiger partial charge >= 0.3 is 7.82 Å². The lowest BCUT2D eigenvalue weighted by Gasteiger charge is -2.19. The van der Waals surface area contributed by atoms with Gasteiger partial charge in [-0.1, -0.05) is 104 Å². The van der Waals surface area contributed by atoms with Crippen molar-refractivity contribution in [3.05, 3.63) is 0 Å². The Kier molecular flexibility index (Phi) is 23.3. The van der Waals surface area contributed by atoms with E-state index in [1.54, 1.807) is 7.05 Å². The minimum atomic E-state index is -4.06. The number of carbonyl (C=O) groups excluding carboxylic acids is 1. The maximum Gasteiger partial charge on any atom is 0.472 e. The third kappa shape index (κ3) is 23.3. The number of hydrogen-bond donors (Lipinski definition) is 2. The molecule has 7 heteroatoms. The fourth-order valence-electron chi connectivity index (χ4n) is 4.07. The molecule has 2 N–H and O–H groups in total. The van der Waals surface area contributed by atoms with Gasteiger partial charge in [-0.2, -0.15) is 0 Å². The van der Waals surface area contributed by atoms with Crippen molar-refractivity contribution in [2.45, 2.75) is 129 Å². The van der Waals surface area contributed by atoms with Gasteiger partial charge in [-0.05, 0) is 25.8 Å². The second kappa shape index (κ2) is 23.5. The first-order valence-electron chi connectivity index (χ1n) is 13.7. The Hall–Kier alpha value is -0.260. The zero-order chi connectivity index (χ0) is 24.6. The topological polar surface area (TPSA) is 84.9 Å². The summed E-state index contributed by atoms with van der Waals surface area (Å²) in [6.07, 6.45) is 21.0. The number of phosphoric ester groups is 1. The molecule has 0 fully saturated rings. The molecule has 0 spiro atoms. The van der Waals surface area contributed by atoms with Gasteiger partial charge in [0.15, 0.2) is 0 Å². The molecule has 0 bridgehead atoms. The number of nitrogens with one attached hydrogen (secondary N) is 1. The molecule has 33 heavy (non-hydrogen) atoms. The van der Waals surface area contributed by atoms with Crippen molar-refractivity contribution in [3.8, 4) is 0 Å². The van der Waals surface area contributed by atoms with E-state index < -0.39 is 7.82 Å². The van der Waals surface area contributed by atoms with E-state index in [2.05, 4.69) is 12.2 Å². The molecule has 0 aromatic rings. The first kappa shape index (κ1) is 32.7. The zero-order valence-electron chi connectivity index (χ0n) is 22.0. The van der Waals surface area contributed by atoms with Crippen molar-refractivity contribution >= 4 is 13.6 Å². The summed E-state index contributed by atoms with van der Waals surface area (Å²) in [5.74, 6) is 0.190. The fraction of sp³-hybridized carbons (Fsp3) is 0.962.